The van der Waals surface area contributed by atoms with Gasteiger partial charge in [0.2, 0.25) is 0 Å². The van der Waals surface area contributed by atoms with E-state index in [4.69, 9.17) is 0 Å². The quantitative estimate of drug-likeness (QED) is 0.195. The van der Waals surface area contributed by atoms with Gasteiger partial charge in [0.05, 0.1) is 17.4 Å². The van der Waals surface area contributed by atoms with E-state index in [1.54, 1.807) is 4.90 Å². The van der Waals surface area contributed by atoms with Crippen LogP contribution in [0.2, 0.25) is 0 Å². The number of hydrogen-bond acceptors (Lipinski definition) is 2. The van der Waals surface area contributed by atoms with Crippen LogP contribution in [0.15, 0.2) is 60.7 Å². The predicted molar refractivity (Wildman–Crippen MR) is 157 cm³/mol. The van der Waals surface area contributed by atoms with Gasteiger partial charge in [-0.2, -0.15) is 0 Å². The predicted octanol–water partition coefficient (Wildman–Crippen LogP) is 7.52. The summed E-state index contributed by atoms with van der Waals surface area (Å²) >= 11 is 3.59. The summed E-state index contributed by atoms with van der Waals surface area (Å²) < 4.78 is 0. The van der Waals surface area contributed by atoms with Crippen LogP contribution in [-0.4, -0.2) is 70.9 Å². The fraction of sp³-hybridized carbons (Fsp3) is 0.533. The van der Waals surface area contributed by atoms with Gasteiger partial charge in [-0.25, -0.2) is 9.59 Å². The lowest BCUT2D eigenvalue weighted by Crippen LogP contribution is -2.60. The van der Waals surface area contributed by atoms with Gasteiger partial charge in [0.25, 0.3) is 0 Å². The van der Waals surface area contributed by atoms with Crippen molar-refractivity contribution in [3.05, 3.63) is 60.7 Å². The molecular weight excluding hydrogens is 528 g/mol. The molecule has 202 valence electrons. The number of unbranched alkanes of at least 4 members (excludes halogenated alkanes) is 4. The number of rotatable bonds is 12. The molecule has 1 saturated heterocycles. The maximum atomic E-state index is 14.1. The van der Waals surface area contributed by atoms with E-state index in [9.17, 15) is 9.59 Å². The molecular formula is C30H43BrN4O2. The molecule has 1 atom stereocenters. The van der Waals surface area contributed by atoms with E-state index in [0.717, 1.165) is 74.7 Å². The SMILES string of the molecule is CCCCCN(CCCCC)C(=O)N1CCN(C(=O)N(c2ccccc2)c2ccccc2)[C@@H](CCBr)C1. The first-order valence-electron chi connectivity index (χ1n) is 13.9. The molecule has 0 aromatic heterocycles. The minimum atomic E-state index is -0.0485. The van der Waals surface area contributed by atoms with Gasteiger partial charge in [-0.1, -0.05) is 91.9 Å². The molecule has 0 N–H and O–H groups in total. The van der Waals surface area contributed by atoms with Crippen LogP contribution in [0.3, 0.4) is 0 Å². The molecule has 0 radical (unpaired) electrons. The second kappa shape index (κ2) is 15.7. The fourth-order valence-electron chi connectivity index (χ4n) is 4.91. The molecule has 0 bridgehead atoms. The number of para-hydroxylation sites is 2. The number of benzene rings is 2. The third kappa shape index (κ3) is 8.22. The second-order valence-electron chi connectivity index (χ2n) is 9.74. The van der Waals surface area contributed by atoms with E-state index in [-0.39, 0.29) is 18.1 Å². The monoisotopic (exact) mass is 570 g/mol. The van der Waals surface area contributed by atoms with Crippen LogP contribution in [0, 0.1) is 0 Å². The summed E-state index contributed by atoms with van der Waals surface area (Å²) in [7, 11) is 0. The van der Waals surface area contributed by atoms with Gasteiger partial charge in [0.15, 0.2) is 0 Å². The van der Waals surface area contributed by atoms with Gasteiger partial charge in [-0.15, -0.1) is 0 Å². The van der Waals surface area contributed by atoms with Gasteiger partial charge in [-0.05, 0) is 43.5 Å². The van der Waals surface area contributed by atoms with Crippen molar-refractivity contribution in [3.8, 4) is 0 Å². The number of urea groups is 2. The highest BCUT2D eigenvalue weighted by Crippen LogP contribution is 2.29. The van der Waals surface area contributed by atoms with Crippen LogP contribution >= 0.6 is 15.9 Å². The van der Waals surface area contributed by atoms with Crippen molar-refractivity contribution in [3.63, 3.8) is 0 Å². The topological polar surface area (TPSA) is 47.1 Å². The highest BCUT2D eigenvalue weighted by atomic mass is 79.9. The molecule has 2 aromatic carbocycles. The Kier molecular flexibility index (Phi) is 12.3. The van der Waals surface area contributed by atoms with Gasteiger partial charge in [0.1, 0.15) is 0 Å². The molecule has 1 fully saturated rings. The summed E-state index contributed by atoms with van der Waals surface area (Å²) in [5, 5.41) is 0.775. The number of amides is 4. The summed E-state index contributed by atoms with van der Waals surface area (Å²) in [6, 6.07) is 19.6. The summed E-state index contributed by atoms with van der Waals surface area (Å²) in [4.78, 5) is 35.5. The number of nitrogens with zero attached hydrogens (tertiary/aromatic N) is 4. The smallest absolute Gasteiger partial charge is 0.325 e. The zero-order valence-electron chi connectivity index (χ0n) is 22.5. The number of carbonyl (C=O) groups excluding carboxylic acids is 2. The van der Waals surface area contributed by atoms with Crippen molar-refractivity contribution >= 4 is 39.4 Å². The third-order valence-corrected chi connectivity index (χ3v) is 7.45. The van der Waals surface area contributed by atoms with Crippen molar-refractivity contribution in [2.24, 2.45) is 0 Å². The van der Waals surface area contributed by atoms with Crippen molar-refractivity contribution in [2.75, 3.05) is 43.0 Å². The van der Waals surface area contributed by atoms with Crippen LogP contribution in [0.4, 0.5) is 21.0 Å². The zero-order valence-corrected chi connectivity index (χ0v) is 24.1. The molecule has 2 aromatic rings. The van der Waals surface area contributed by atoms with E-state index >= 15 is 0 Å². The van der Waals surface area contributed by atoms with Crippen molar-refractivity contribution < 1.29 is 9.59 Å². The summed E-state index contributed by atoms with van der Waals surface area (Å²) in [6.45, 7) is 7.65. The Morgan fingerprint density at radius 2 is 1.35 bits per heavy atom. The molecule has 3 rings (SSSR count). The van der Waals surface area contributed by atoms with Crippen LogP contribution in [0.25, 0.3) is 0 Å². The molecule has 37 heavy (non-hydrogen) atoms. The molecule has 4 amide bonds. The number of alkyl halides is 1. The van der Waals surface area contributed by atoms with Crippen LogP contribution in [-0.2, 0) is 0 Å². The Bertz CT molecular complexity index is 894. The van der Waals surface area contributed by atoms with E-state index in [0.29, 0.717) is 19.6 Å². The molecule has 0 aliphatic carbocycles. The van der Waals surface area contributed by atoms with E-state index in [2.05, 4.69) is 29.8 Å². The van der Waals surface area contributed by atoms with Crippen molar-refractivity contribution in [2.45, 2.75) is 64.8 Å². The lowest BCUT2D eigenvalue weighted by molar-refractivity contribution is 0.0901. The fourth-order valence-corrected chi connectivity index (χ4v) is 5.44. The van der Waals surface area contributed by atoms with Gasteiger partial charge >= 0.3 is 12.1 Å². The molecule has 6 nitrogen and oxygen atoms in total. The lowest BCUT2D eigenvalue weighted by atomic mass is 10.1. The number of anilines is 2. The lowest BCUT2D eigenvalue weighted by Gasteiger charge is -2.44. The molecule has 0 spiro atoms. The second-order valence-corrected chi connectivity index (χ2v) is 10.5. The molecule has 0 saturated carbocycles. The Balaban J connectivity index is 1.78. The first-order chi connectivity index (χ1) is 18.1. The van der Waals surface area contributed by atoms with Crippen LogP contribution in [0.5, 0.6) is 0 Å². The minimum Gasteiger partial charge on any atom is -0.325 e. The molecule has 1 aliphatic heterocycles. The van der Waals surface area contributed by atoms with Gasteiger partial charge < -0.3 is 14.7 Å². The zero-order chi connectivity index (χ0) is 26.5. The number of hydrogen-bond donors (Lipinski definition) is 0. The Hall–Kier alpha value is -2.54. The van der Waals surface area contributed by atoms with Crippen molar-refractivity contribution in [1.29, 1.82) is 0 Å². The van der Waals surface area contributed by atoms with Crippen LogP contribution in [0.1, 0.15) is 58.8 Å². The van der Waals surface area contributed by atoms with Crippen LogP contribution < -0.4 is 4.90 Å². The summed E-state index contributed by atoms with van der Waals surface area (Å²) in [6.07, 6.45) is 7.44. The minimum absolute atomic E-state index is 0.0433. The maximum absolute atomic E-state index is 14.1. The van der Waals surface area contributed by atoms with Crippen molar-refractivity contribution in [1.82, 2.24) is 14.7 Å². The Morgan fingerprint density at radius 3 is 1.84 bits per heavy atom. The number of halogens is 1. The number of carbonyl (C=O) groups is 2. The largest absolute Gasteiger partial charge is 0.329 e. The summed E-state index contributed by atoms with van der Waals surface area (Å²) in [5.74, 6) is 0. The number of piperazine rings is 1. The highest BCUT2D eigenvalue weighted by Gasteiger charge is 2.36. The van der Waals surface area contributed by atoms with Gasteiger partial charge in [0, 0.05) is 38.1 Å². The van der Waals surface area contributed by atoms with E-state index < -0.39 is 0 Å². The molecule has 7 heteroatoms. The maximum Gasteiger partial charge on any atom is 0.329 e. The Morgan fingerprint density at radius 1 is 0.811 bits per heavy atom. The Labute approximate surface area is 231 Å². The van der Waals surface area contributed by atoms with Gasteiger partial charge in [-0.3, -0.25) is 4.90 Å². The first kappa shape index (κ1) is 29.0. The molecule has 1 aliphatic rings. The third-order valence-electron chi connectivity index (χ3n) is 7.00. The first-order valence-corrected chi connectivity index (χ1v) is 15.0. The molecule has 1 heterocycles. The van der Waals surface area contributed by atoms with E-state index in [1.807, 2.05) is 75.4 Å². The highest BCUT2D eigenvalue weighted by molar-refractivity contribution is 9.09. The average molecular weight is 572 g/mol. The average Bonchev–Trinajstić information content (AvgIpc) is 2.93. The normalized spacial score (nSPS) is 15.5. The molecule has 0 unspecified atom stereocenters. The van der Waals surface area contributed by atoms with E-state index in [1.165, 1.54) is 0 Å². The summed E-state index contributed by atoms with van der Waals surface area (Å²) in [5.41, 5.74) is 1.68. The standard InChI is InChI=1S/C30H43BrN4O2/c1-3-5-13-21-32(22-14-6-4-2)29(36)33-23-24-34(28(25-33)19-20-31)30(37)35(26-15-9-7-10-16-26)27-17-11-8-12-18-27/h7-12,15-18,28H,3-6,13-14,19-25H2,1-2H3/t28-/m0/s1.